The Morgan fingerprint density at radius 3 is 2.93 bits per heavy atom. The minimum atomic E-state index is -0.502. The zero-order valence-corrected chi connectivity index (χ0v) is 8.21. The molecule has 0 amide bonds. The van der Waals surface area contributed by atoms with E-state index in [1.54, 1.807) is 0 Å². The van der Waals surface area contributed by atoms with Crippen LogP contribution in [-0.2, 0) is 10.6 Å². The first kappa shape index (κ1) is 10.5. The lowest BCUT2D eigenvalue weighted by molar-refractivity contribution is 0.0599. The van der Waals surface area contributed by atoms with Crippen LogP contribution in [-0.4, -0.2) is 18.1 Å². The SMILES string of the molecule is COC(=O)c1ccc(C#N)nc1CCl. The van der Waals surface area contributed by atoms with Gasteiger partial charge in [-0.05, 0) is 12.1 Å². The monoisotopic (exact) mass is 210 g/mol. The predicted molar refractivity (Wildman–Crippen MR) is 49.8 cm³/mol. The van der Waals surface area contributed by atoms with Crippen molar-refractivity contribution in [2.45, 2.75) is 5.88 Å². The number of hydrogen-bond donors (Lipinski definition) is 0. The van der Waals surface area contributed by atoms with Crippen molar-refractivity contribution >= 4 is 17.6 Å². The van der Waals surface area contributed by atoms with E-state index < -0.39 is 5.97 Å². The number of ether oxygens (including phenoxy) is 1. The molecule has 1 aromatic heterocycles. The molecule has 0 atom stereocenters. The van der Waals surface area contributed by atoms with Gasteiger partial charge in [0.25, 0.3) is 0 Å². The lowest BCUT2D eigenvalue weighted by atomic mass is 10.2. The van der Waals surface area contributed by atoms with Gasteiger partial charge in [-0.15, -0.1) is 11.6 Å². The van der Waals surface area contributed by atoms with Gasteiger partial charge >= 0.3 is 5.97 Å². The Balaban J connectivity index is 3.19. The van der Waals surface area contributed by atoms with Crippen LogP contribution in [0.5, 0.6) is 0 Å². The van der Waals surface area contributed by atoms with E-state index in [-0.39, 0.29) is 11.6 Å². The molecule has 0 aromatic carbocycles. The number of rotatable bonds is 2. The van der Waals surface area contributed by atoms with Gasteiger partial charge in [0.15, 0.2) is 0 Å². The molecule has 72 valence electrons. The van der Waals surface area contributed by atoms with E-state index in [4.69, 9.17) is 16.9 Å². The summed E-state index contributed by atoms with van der Waals surface area (Å²) in [5.41, 5.74) is 0.882. The second kappa shape index (κ2) is 4.58. The van der Waals surface area contributed by atoms with Gasteiger partial charge in [-0.3, -0.25) is 0 Å². The third kappa shape index (κ3) is 2.01. The summed E-state index contributed by atoms with van der Waals surface area (Å²) in [5.74, 6) is -0.433. The number of pyridine rings is 1. The summed E-state index contributed by atoms with van der Waals surface area (Å²) in [6.07, 6.45) is 0. The van der Waals surface area contributed by atoms with Gasteiger partial charge in [0, 0.05) is 0 Å². The average molecular weight is 211 g/mol. The number of halogens is 1. The fourth-order valence-corrected chi connectivity index (χ4v) is 1.17. The highest BCUT2D eigenvalue weighted by Crippen LogP contribution is 2.11. The highest BCUT2D eigenvalue weighted by molar-refractivity contribution is 6.17. The Morgan fingerprint density at radius 2 is 2.43 bits per heavy atom. The van der Waals surface area contributed by atoms with Gasteiger partial charge < -0.3 is 4.74 Å². The molecule has 0 aliphatic carbocycles. The van der Waals surface area contributed by atoms with Crippen molar-refractivity contribution in [2.75, 3.05) is 7.11 Å². The topological polar surface area (TPSA) is 63.0 Å². The van der Waals surface area contributed by atoms with Crippen LogP contribution in [0.2, 0.25) is 0 Å². The average Bonchev–Trinajstić information content (AvgIpc) is 2.27. The number of alkyl halides is 1. The molecule has 5 heteroatoms. The molecule has 0 fully saturated rings. The molecule has 0 bridgehead atoms. The normalized spacial score (nSPS) is 9.21. The first-order valence-corrected chi connectivity index (χ1v) is 4.30. The second-order valence-electron chi connectivity index (χ2n) is 2.43. The van der Waals surface area contributed by atoms with Crippen molar-refractivity contribution in [2.24, 2.45) is 0 Å². The molecular formula is C9H7ClN2O2. The van der Waals surface area contributed by atoms with Gasteiger partial charge in [-0.25, -0.2) is 9.78 Å². The zero-order valence-electron chi connectivity index (χ0n) is 7.45. The fraction of sp³-hybridized carbons (Fsp3) is 0.222. The van der Waals surface area contributed by atoms with Gasteiger partial charge in [-0.2, -0.15) is 5.26 Å². The number of carbonyl (C=O) groups is 1. The molecule has 0 aliphatic rings. The molecule has 0 saturated heterocycles. The Bertz CT molecular complexity index is 398. The molecule has 1 heterocycles. The van der Waals surface area contributed by atoms with Crippen molar-refractivity contribution in [1.82, 2.24) is 4.98 Å². The zero-order chi connectivity index (χ0) is 10.6. The lowest BCUT2D eigenvalue weighted by Crippen LogP contribution is -2.07. The molecule has 14 heavy (non-hydrogen) atoms. The van der Waals surface area contributed by atoms with Crippen LogP contribution in [0.3, 0.4) is 0 Å². The summed E-state index contributed by atoms with van der Waals surface area (Å²) in [4.78, 5) is 15.1. The van der Waals surface area contributed by atoms with Crippen LogP contribution in [0.1, 0.15) is 21.7 Å². The lowest BCUT2D eigenvalue weighted by Gasteiger charge is -2.03. The summed E-state index contributed by atoms with van der Waals surface area (Å²) in [7, 11) is 1.28. The van der Waals surface area contributed by atoms with Crippen LogP contribution in [0.4, 0.5) is 0 Å². The maximum Gasteiger partial charge on any atom is 0.339 e. The molecule has 1 rings (SSSR count). The first-order chi connectivity index (χ1) is 6.72. The van der Waals surface area contributed by atoms with Crippen LogP contribution >= 0.6 is 11.6 Å². The van der Waals surface area contributed by atoms with Crippen molar-refractivity contribution in [3.8, 4) is 6.07 Å². The minimum Gasteiger partial charge on any atom is -0.465 e. The number of methoxy groups -OCH3 is 1. The van der Waals surface area contributed by atoms with Gasteiger partial charge in [0.05, 0.1) is 24.2 Å². The molecule has 0 saturated carbocycles. The fourth-order valence-electron chi connectivity index (χ4n) is 0.961. The minimum absolute atomic E-state index is 0.0694. The standard InChI is InChI=1S/C9H7ClN2O2/c1-14-9(13)7-3-2-6(5-11)12-8(7)4-10/h2-3H,4H2,1H3. The van der Waals surface area contributed by atoms with Crippen molar-refractivity contribution in [3.05, 3.63) is 29.1 Å². The number of esters is 1. The molecule has 0 unspecified atom stereocenters. The highest BCUT2D eigenvalue weighted by atomic mass is 35.5. The molecule has 0 N–H and O–H groups in total. The van der Waals surface area contributed by atoms with E-state index >= 15 is 0 Å². The molecule has 1 aromatic rings. The van der Waals surface area contributed by atoms with Crippen molar-refractivity contribution in [3.63, 3.8) is 0 Å². The Labute approximate surface area is 86.1 Å². The van der Waals surface area contributed by atoms with E-state index in [2.05, 4.69) is 9.72 Å². The number of aromatic nitrogens is 1. The largest absolute Gasteiger partial charge is 0.465 e. The maximum atomic E-state index is 11.2. The van der Waals surface area contributed by atoms with E-state index in [1.165, 1.54) is 19.2 Å². The van der Waals surface area contributed by atoms with Crippen LogP contribution in [0.15, 0.2) is 12.1 Å². The van der Waals surface area contributed by atoms with Crippen LogP contribution in [0.25, 0.3) is 0 Å². The third-order valence-electron chi connectivity index (χ3n) is 1.62. The number of carbonyl (C=O) groups excluding carboxylic acids is 1. The Hall–Kier alpha value is -1.60. The number of nitrogens with zero attached hydrogens (tertiary/aromatic N) is 2. The molecular weight excluding hydrogens is 204 g/mol. The van der Waals surface area contributed by atoms with Crippen molar-refractivity contribution in [1.29, 1.82) is 5.26 Å². The molecule has 0 aliphatic heterocycles. The summed E-state index contributed by atoms with van der Waals surface area (Å²) in [6, 6.07) is 4.79. The van der Waals surface area contributed by atoms with Crippen LogP contribution < -0.4 is 0 Å². The Morgan fingerprint density at radius 1 is 1.71 bits per heavy atom. The Kier molecular flexibility index (Phi) is 3.43. The first-order valence-electron chi connectivity index (χ1n) is 3.77. The summed E-state index contributed by atoms with van der Waals surface area (Å²) in [6.45, 7) is 0. The quantitative estimate of drug-likeness (QED) is 0.548. The van der Waals surface area contributed by atoms with Gasteiger partial charge in [-0.1, -0.05) is 0 Å². The van der Waals surface area contributed by atoms with E-state index in [0.717, 1.165) is 0 Å². The van der Waals surface area contributed by atoms with E-state index in [1.807, 2.05) is 6.07 Å². The summed E-state index contributed by atoms with van der Waals surface area (Å²) in [5, 5.41) is 8.57. The third-order valence-corrected chi connectivity index (χ3v) is 1.87. The molecule has 0 radical (unpaired) electrons. The van der Waals surface area contributed by atoms with E-state index in [9.17, 15) is 4.79 Å². The smallest absolute Gasteiger partial charge is 0.339 e. The van der Waals surface area contributed by atoms with E-state index in [0.29, 0.717) is 11.3 Å². The predicted octanol–water partition coefficient (Wildman–Crippen LogP) is 1.48. The van der Waals surface area contributed by atoms with Crippen molar-refractivity contribution < 1.29 is 9.53 Å². The summed E-state index contributed by atoms with van der Waals surface area (Å²) >= 11 is 5.58. The molecule has 0 spiro atoms. The molecule has 4 nitrogen and oxygen atoms in total. The number of nitriles is 1. The van der Waals surface area contributed by atoms with Crippen LogP contribution in [0, 0.1) is 11.3 Å². The number of hydrogen-bond acceptors (Lipinski definition) is 4. The van der Waals surface area contributed by atoms with Gasteiger partial charge in [0.2, 0.25) is 0 Å². The summed E-state index contributed by atoms with van der Waals surface area (Å²) < 4.78 is 4.53. The van der Waals surface area contributed by atoms with Gasteiger partial charge in [0.1, 0.15) is 11.8 Å². The highest BCUT2D eigenvalue weighted by Gasteiger charge is 2.12. The second-order valence-corrected chi connectivity index (χ2v) is 2.70. The maximum absolute atomic E-state index is 11.2.